The average molecular weight is 816 g/mol. The second kappa shape index (κ2) is 13.3. The molecule has 1 atom stereocenters. The molecule has 0 amide bonds. The van der Waals surface area contributed by atoms with E-state index >= 15 is 0 Å². The molecule has 2 heterocycles. The SMILES string of the molecule is c1ccc(N(c2ccc3c(c2)C2(c4ccccc4-c4ccccc4-3)c3ccccc3-c3c2ccc2oc4ccccc4c32)c2cccc3c2Oc2ccccc2-c2ccccc2-3)cc1. The van der Waals surface area contributed by atoms with Crippen molar-refractivity contribution in [1.82, 2.24) is 0 Å². The number of para-hydroxylation sites is 4. The molecule has 0 fully saturated rings. The lowest BCUT2D eigenvalue weighted by Crippen LogP contribution is -2.29. The van der Waals surface area contributed by atoms with Gasteiger partial charge in [0.25, 0.3) is 0 Å². The minimum atomic E-state index is -0.705. The van der Waals surface area contributed by atoms with Gasteiger partial charge in [-0.25, -0.2) is 0 Å². The number of benzene rings is 10. The summed E-state index contributed by atoms with van der Waals surface area (Å²) in [6.07, 6.45) is 0. The van der Waals surface area contributed by atoms with Gasteiger partial charge < -0.3 is 14.1 Å². The van der Waals surface area contributed by atoms with E-state index in [1.807, 2.05) is 0 Å². The summed E-state index contributed by atoms with van der Waals surface area (Å²) in [4.78, 5) is 2.39. The fourth-order valence-corrected chi connectivity index (χ4v) is 11.4. The Bertz CT molecular complexity index is 3730. The first-order valence-corrected chi connectivity index (χ1v) is 22.0. The standard InChI is InChI=1S/C61H37NO2/c1-2-17-38(18-3-1)62(54-30-16-27-47-43-22-7-6-21-42(43)46-24-10-14-31-55(46)64-60(47)54)39-33-34-45-41-20-5-4-19-40(41)44-23-8-12-28-50(44)61(53(45)37-39)51-29-13-9-25-48(51)58-52(61)35-36-57-59(58)49-26-11-15-32-56(49)63-57/h1-37H. The maximum absolute atomic E-state index is 7.17. The number of anilines is 3. The lowest BCUT2D eigenvalue weighted by molar-refractivity contribution is 0.489. The predicted molar refractivity (Wildman–Crippen MR) is 261 cm³/mol. The molecule has 64 heavy (non-hydrogen) atoms. The highest BCUT2D eigenvalue weighted by Crippen LogP contribution is 2.64. The number of hydrogen-bond acceptors (Lipinski definition) is 3. The van der Waals surface area contributed by atoms with E-state index in [2.05, 4.69) is 229 Å². The number of rotatable bonds is 3. The molecule has 10 aromatic carbocycles. The molecule has 298 valence electrons. The highest BCUT2D eigenvalue weighted by molar-refractivity contribution is 6.16. The van der Waals surface area contributed by atoms with E-state index in [0.717, 1.165) is 72.8 Å². The van der Waals surface area contributed by atoms with Crippen LogP contribution in [0, 0.1) is 0 Å². The molecule has 0 radical (unpaired) electrons. The summed E-state index contributed by atoms with van der Waals surface area (Å²) in [5.74, 6) is 1.65. The van der Waals surface area contributed by atoms with Gasteiger partial charge in [-0.05, 0) is 115 Å². The van der Waals surface area contributed by atoms with Crippen LogP contribution in [0.2, 0.25) is 0 Å². The van der Waals surface area contributed by atoms with Gasteiger partial charge in [-0.2, -0.15) is 0 Å². The quantitative estimate of drug-likeness (QED) is 0.178. The smallest absolute Gasteiger partial charge is 0.159 e. The number of hydrogen-bond donors (Lipinski definition) is 0. The summed E-state index contributed by atoms with van der Waals surface area (Å²) < 4.78 is 13.8. The summed E-state index contributed by atoms with van der Waals surface area (Å²) in [5, 5.41) is 2.29. The zero-order chi connectivity index (χ0) is 41.9. The van der Waals surface area contributed by atoms with E-state index in [4.69, 9.17) is 9.15 Å². The van der Waals surface area contributed by atoms with Gasteiger partial charge >= 0.3 is 0 Å². The Morgan fingerprint density at radius 1 is 0.344 bits per heavy atom. The topological polar surface area (TPSA) is 25.6 Å². The molecule has 2 aliphatic carbocycles. The summed E-state index contributed by atoms with van der Waals surface area (Å²) in [6, 6.07) is 81.6. The van der Waals surface area contributed by atoms with E-state index < -0.39 is 5.41 Å². The van der Waals surface area contributed by atoms with Crippen molar-refractivity contribution in [2.75, 3.05) is 4.90 Å². The third kappa shape index (κ3) is 4.70. The molecule has 11 aromatic rings. The number of furan rings is 1. The van der Waals surface area contributed by atoms with Crippen LogP contribution in [0.4, 0.5) is 17.1 Å². The van der Waals surface area contributed by atoms with Gasteiger partial charge in [0.05, 0.1) is 11.1 Å². The van der Waals surface area contributed by atoms with Crippen molar-refractivity contribution >= 4 is 39.0 Å². The van der Waals surface area contributed by atoms with E-state index in [0.29, 0.717) is 0 Å². The first kappa shape index (κ1) is 35.2. The summed E-state index contributed by atoms with van der Waals surface area (Å²) in [7, 11) is 0. The lowest BCUT2D eigenvalue weighted by atomic mass is 9.65. The minimum absolute atomic E-state index is 0.705. The monoisotopic (exact) mass is 815 g/mol. The fraction of sp³-hybridized carbons (Fsp3) is 0.0164. The second-order valence-corrected chi connectivity index (χ2v) is 17.0. The maximum Gasteiger partial charge on any atom is 0.159 e. The van der Waals surface area contributed by atoms with Crippen LogP contribution < -0.4 is 9.64 Å². The Labute approximate surface area is 370 Å². The molecule has 3 heteroatoms. The van der Waals surface area contributed by atoms with E-state index in [1.165, 1.54) is 55.6 Å². The van der Waals surface area contributed by atoms with Crippen LogP contribution >= 0.6 is 0 Å². The molecule has 0 saturated heterocycles. The van der Waals surface area contributed by atoms with Crippen LogP contribution in [0.15, 0.2) is 229 Å². The van der Waals surface area contributed by atoms with E-state index in [1.54, 1.807) is 0 Å². The van der Waals surface area contributed by atoms with Crippen molar-refractivity contribution in [3.8, 4) is 67.1 Å². The molecule has 3 nitrogen and oxygen atoms in total. The number of ether oxygens (including phenoxy) is 1. The van der Waals surface area contributed by atoms with Crippen LogP contribution in [0.5, 0.6) is 11.5 Å². The predicted octanol–water partition coefficient (Wildman–Crippen LogP) is 16.5. The fourth-order valence-electron chi connectivity index (χ4n) is 11.4. The van der Waals surface area contributed by atoms with Crippen LogP contribution in [0.25, 0.3) is 77.6 Å². The van der Waals surface area contributed by atoms with Crippen LogP contribution in [-0.2, 0) is 5.41 Å². The molecule has 1 aromatic heterocycles. The highest BCUT2D eigenvalue weighted by Gasteiger charge is 2.51. The van der Waals surface area contributed by atoms with Crippen molar-refractivity contribution < 1.29 is 9.15 Å². The van der Waals surface area contributed by atoms with Crippen molar-refractivity contribution in [2.45, 2.75) is 5.41 Å². The molecule has 0 saturated carbocycles. The van der Waals surface area contributed by atoms with Gasteiger partial charge in [-0.1, -0.05) is 176 Å². The molecule has 1 unspecified atom stereocenters. The van der Waals surface area contributed by atoms with Gasteiger partial charge in [0.2, 0.25) is 0 Å². The number of nitrogens with zero attached hydrogens (tertiary/aromatic N) is 1. The molecule has 3 aliphatic rings. The van der Waals surface area contributed by atoms with Crippen molar-refractivity contribution in [2.24, 2.45) is 0 Å². The first-order chi connectivity index (χ1) is 31.8. The van der Waals surface area contributed by atoms with Gasteiger partial charge in [0.1, 0.15) is 16.9 Å². The van der Waals surface area contributed by atoms with Crippen LogP contribution in [0.3, 0.4) is 0 Å². The second-order valence-electron chi connectivity index (χ2n) is 17.0. The van der Waals surface area contributed by atoms with Gasteiger partial charge in [0.15, 0.2) is 5.75 Å². The van der Waals surface area contributed by atoms with Crippen molar-refractivity contribution in [1.29, 1.82) is 0 Å². The molecule has 0 N–H and O–H groups in total. The van der Waals surface area contributed by atoms with E-state index in [9.17, 15) is 0 Å². The zero-order valence-corrected chi connectivity index (χ0v) is 34.6. The van der Waals surface area contributed by atoms with Crippen LogP contribution in [-0.4, -0.2) is 0 Å². The molecular formula is C61H37NO2. The van der Waals surface area contributed by atoms with Gasteiger partial charge in [-0.3, -0.25) is 0 Å². The largest absolute Gasteiger partial charge is 0.456 e. The average Bonchev–Trinajstić information content (AvgIpc) is 3.80. The van der Waals surface area contributed by atoms with Gasteiger partial charge in [0, 0.05) is 33.3 Å². The van der Waals surface area contributed by atoms with Crippen molar-refractivity contribution in [3.05, 3.63) is 247 Å². The Morgan fingerprint density at radius 2 is 0.922 bits per heavy atom. The highest BCUT2D eigenvalue weighted by atomic mass is 16.5. The zero-order valence-electron chi connectivity index (χ0n) is 34.6. The summed E-state index contributed by atoms with van der Waals surface area (Å²) in [5.41, 5.74) is 20.9. The Balaban J connectivity index is 1.11. The number of fused-ring (bicyclic) bond motifs is 21. The third-order valence-electron chi connectivity index (χ3n) is 13.9. The third-order valence-corrected chi connectivity index (χ3v) is 13.9. The Kier molecular flexibility index (Phi) is 7.32. The Morgan fingerprint density at radius 3 is 1.70 bits per heavy atom. The normalized spacial score (nSPS) is 14.8. The molecular weight excluding hydrogens is 779 g/mol. The maximum atomic E-state index is 7.17. The lowest BCUT2D eigenvalue weighted by Gasteiger charge is -2.36. The molecule has 14 rings (SSSR count). The van der Waals surface area contributed by atoms with Gasteiger partial charge in [-0.15, -0.1) is 0 Å². The summed E-state index contributed by atoms with van der Waals surface area (Å²) in [6.45, 7) is 0. The van der Waals surface area contributed by atoms with E-state index in [-0.39, 0.29) is 0 Å². The Hall–Kier alpha value is -8.40. The van der Waals surface area contributed by atoms with Crippen LogP contribution in [0.1, 0.15) is 22.3 Å². The molecule has 0 bridgehead atoms. The minimum Gasteiger partial charge on any atom is -0.456 e. The molecule has 1 aliphatic heterocycles. The van der Waals surface area contributed by atoms with Crippen molar-refractivity contribution in [3.63, 3.8) is 0 Å². The summed E-state index contributed by atoms with van der Waals surface area (Å²) >= 11 is 0. The molecule has 1 spiro atoms. The first-order valence-electron chi connectivity index (χ1n) is 22.0.